The second-order valence-corrected chi connectivity index (χ2v) is 3.31. The molecule has 0 atom stereocenters. The topological polar surface area (TPSA) is 77.5 Å². The number of para-hydroxylation sites is 1. The van der Waals surface area contributed by atoms with Crippen LogP contribution in [0.5, 0.6) is 0 Å². The molecule has 0 aliphatic carbocycles. The fourth-order valence-electron chi connectivity index (χ4n) is 1.64. The molecule has 0 radical (unpaired) electrons. The fraction of sp³-hybridized carbons (Fsp3) is 0.182. The van der Waals surface area contributed by atoms with Crippen LogP contribution in [0.1, 0.15) is 16.1 Å². The van der Waals surface area contributed by atoms with Crippen molar-refractivity contribution in [1.29, 1.82) is 0 Å². The van der Waals surface area contributed by atoms with Gasteiger partial charge in [0.25, 0.3) is 0 Å². The maximum atomic E-state index is 11.5. The third-order valence-electron chi connectivity index (χ3n) is 2.32. The van der Waals surface area contributed by atoms with Gasteiger partial charge in [0.05, 0.1) is 6.61 Å². The number of amides is 1. The quantitative estimate of drug-likeness (QED) is 0.462. The highest BCUT2D eigenvalue weighted by molar-refractivity contribution is 5.98. The van der Waals surface area contributed by atoms with E-state index in [-0.39, 0.29) is 5.76 Å². The minimum Gasteiger partial charge on any atom is -0.450 e. The standard InChI is InChI=1S/C11H12N2O3/c1-15-6-8-7-4-2-3-5-9(7)16-10(8)11(14)13-12/h2-5H,6,12H2,1H3,(H,13,14). The Kier molecular flexibility index (Phi) is 2.89. The second kappa shape index (κ2) is 4.34. The normalized spacial score (nSPS) is 10.6. The number of carbonyl (C=O) groups excluding carboxylic acids is 1. The summed E-state index contributed by atoms with van der Waals surface area (Å²) < 4.78 is 10.5. The number of hydrogen-bond acceptors (Lipinski definition) is 4. The summed E-state index contributed by atoms with van der Waals surface area (Å²) >= 11 is 0. The molecule has 5 heteroatoms. The Bertz CT molecular complexity index is 519. The van der Waals surface area contributed by atoms with E-state index in [1.807, 2.05) is 18.2 Å². The van der Waals surface area contributed by atoms with Gasteiger partial charge < -0.3 is 9.15 Å². The van der Waals surface area contributed by atoms with Crippen molar-refractivity contribution in [2.75, 3.05) is 7.11 Å². The highest BCUT2D eigenvalue weighted by Crippen LogP contribution is 2.26. The number of hydrazine groups is 1. The molecule has 1 aromatic heterocycles. The Morgan fingerprint density at radius 3 is 2.94 bits per heavy atom. The summed E-state index contributed by atoms with van der Waals surface area (Å²) in [5.74, 6) is 4.83. The number of furan rings is 1. The van der Waals surface area contributed by atoms with E-state index < -0.39 is 5.91 Å². The van der Waals surface area contributed by atoms with Gasteiger partial charge in [-0.1, -0.05) is 18.2 Å². The Morgan fingerprint density at radius 1 is 1.50 bits per heavy atom. The molecule has 2 rings (SSSR count). The Hall–Kier alpha value is -1.85. The number of rotatable bonds is 3. The maximum Gasteiger partial charge on any atom is 0.301 e. The van der Waals surface area contributed by atoms with Gasteiger partial charge in [-0.25, -0.2) is 5.84 Å². The predicted octanol–water partition coefficient (Wildman–Crippen LogP) is 1.18. The lowest BCUT2D eigenvalue weighted by Crippen LogP contribution is -2.30. The van der Waals surface area contributed by atoms with Crippen molar-refractivity contribution in [2.24, 2.45) is 5.84 Å². The van der Waals surface area contributed by atoms with Gasteiger partial charge in [-0.05, 0) is 6.07 Å². The van der Waals surface area contributed by atoms with Crippen molar-refractivity contribution >= 4 is 16.9 Å². The zero-order chi connectivity index (χ0) is 11.5. The lowest BCUT2D eigenvalue weighted by Gasteiger charge is -1.99. The molecular formula is C11H12N2O3. The molecule has 1 amide bonds. The summed E-state index contributed by atoms with van der Waals surface area (Å²) in [5.41, 5.74) is 3.41. The average Bonchev–Trinajstić information content (AvgIpc) is 2.68. The number of fused-ring (bicyclic) bond motifs is 1. The molecule has 1 heterocycles. The van der Waals surface area contributed by atoms with Gasteiger partial charge in [0.2, 0.25) is 0 Å². The number of methoxy groups -OCH3 is 1. The van der Waals surface area contributed by atoms with Gasteiger partial charge in [-0.15, -0.1) is 0 Å². The number of nitrogen functional groups attached to an aromatic ring is 1. The summed E-state index contributed by atoms with van der Waals surface area (Å²) in [5, 5.41) is 0.864. The molecule has 0 fully saturated rings. The fourth-order valence-corrected chi connectivity index (χ4v) is 1.64. The number of ether oxygens (including phenoxy) is 1. The largest absolute Gasteiger partial charge is 0.450 e. The van der Waals surface area contributed by atoms with Gasteiger partial charge in [0, 0.05) is 18.1 Å². The average molecular weight is 220 g/mol. The van der Waals surface area contributed by atoms with E-state index in [0.29, 0.717) is 17.8 Å². The smallest absolute Gasteiger partial charge is 0.301 e. The minimum atomic E-state index is -0.455. The van der Waals surface area contributed by atoms with Crippen molar-refractivity contribution in [1.82, 2.24) is 5.43 Å². The van der Waals surface area contributed by atoms with Gasteiger partial charge in [0.15, 0.2) is 5.76 Å². The first kappa shape index (κ1) is 10.7. The molecule has 0 bridgehead atoms. The molecule has 0 unspecified atom stereocenters. The molecule has 3 N–H and O–H groups in total. The van der Waals surface area contributed by atoms with Crippen LogP contribution < -0.4 is 11.3 Å². The van der Waals surface area contributed by atoms with Crippen molar-refractivity contribution in [3.63, 3.8) is 0 Å². The minimum absolute atomic E-state index is 0.200. The number of carbonyl (C=O) groups is 1. The summed E-state index contributed by atoms with van der Waals surface area (Å²) in [6, 6.07) is 7.38. The van der Waals surface area contributed by atoms with E-state index in [1.165, 1.54) is 0 Å². The number of nitrogens with one attached hydrogen (secondary N) is 1. The lowest BCUT2D eigenvalue weighted by molar-refractivity contribution is 0.0921. The highest BCUT2D eigenvalue weighted by Gasteiger charge is 2.19. The van der Waals surface area contributed by atoms with Crippen molar-refractivity contribution in [2.45, 2.75) is 6.61 Å². The van der Waals surface area contributed by atoms with Crippen LogP contribution >= 0.6 is 0 Å². The van der Waals surface area contributed by atoms with E-state index in [9.17, 15) is 4.79 Å². The molecule has 16 heavy (non-hydrogen) atoms. The van der Waals surface area contributed by atoms with Gasteiger partial charge in [0.1, 0.15) is 5.58 Å². The second-order valence-electron chi connectivity index (χ2n) is 3.31. The van der Waals surface area contributed by atoms with Crippen LogP contribution in [0.25, 0.3) is 11.0 Å². The first-order chi connectivity index (χ1) is 7.77. The monoisotopic (exact) mass is 220 g/mol. The highest BCUT2D eigenvalue weighted by atomic mass is 16.5. The Morgan fingerprint density at radius 2 is 2.25 bits per heavy atom. The molecule has 84 valence electrons. The van der Waals surface area contributed by atoms with Crippen LogP contribution in [0.3, 0.4) is 0 Å². The van der Waals surface area contributed by atoms with Gasteiger partial charge >= 0.3 is 5.91 Å². The Labute approximate surface area is 92.1 Å². The first-order valence-electron chi connectivity index (χ1n) is 4.78. The number of nitrogens with two attached hydrogens (primary N) is 1. The van der Waals surface area contributed by atoms with Crippen molar-refractivity contribution in [3.8, 4) is 0 Å². The predicted molar refractivity (Wildman–Crippen MR) is 58.6 cm³/mol. The van der Waals surface area contributed by atoms with E-state index in [1.54, 1.807) is 13.2 Å². The van der Waals surface area contributed by atoms with Gasteiger partial charge in [-0.2, -0.15) is 0 Å². The summed E-state index contributed by atoms with van der Waals surface area (Å²) in [7, 11) is 1.56. The zero-order valence-electron chi connectivity index (χ0n) is 8.82. The summed E-state index contributed by atoms with van der Waals surface area (Å²) in [4.78, 5) is 11.5. The zero-order valence-corrected chi connectivity index (χ0v) is 8.82. The summed E-state index contributed by atoms with van der Waals surface area (Å²) in [6.07, 6.45) is 0. The molecule has 5 nitrogen and oxygen atoms in total. The Balaban J connectivity index is 2.62. The molecule has 0 aliphatic heterocycles. The number of hydrogen-bond donors (Lipinski definition) is 2. The molecule has 1 aromatic carbocycles. The van der Waals surface area contributed by atoms with E-state index in [2.05, 4.69) is 5.43 Å². The van der Waals surface area contributed by atoms with E-state index >= 15 is 0 Å². The third kappa shape index (κ3) is 1.66. The van der Waals surface area contributed by atoms with Crippen molar-refractivity contribution in [3.05, 3.63) is 35.6 Å². The van der Waals surface area contributed by atoms with E-state index in [0.717, 1.165) is 5.39 Å². The van der Waals surface area contributed by atoms with E-state index in [4.69, 9.17) is 15.0 Å². The van der Waals surface area contributed by atoms with Crippen LogP contribution in [0.15, 0.2) is 28.7 Å². The molecule has 0 saturated heterocycles. The molecule has 0 saturated carbocycles. The first-order valence-corrected chi connectivity index (χ1v) is 4.78. The third-order valence-corrected chi connectivity index (χ3v) is 2.32. The molecule has 2 aromatic rings. The van der Waals surface area contributed by atoms with Crippen LogP contribution in [0.4, 0.5) is 0 Å². The molecular weight excluding hydrogens is 208 g/mol. The lowest BCUT2D eigenvalue weighted by atomic mass is 10.1. The van der Waals surface area contributed by atoms with Crippen LogP contribution in [0.2, 0.25) is 0 Å². The van der Waals surface area contributed by atoms with Crippen LogP contribution in [0, 0.1) is 0 Å². The maximum absolute atomic E-state index is 11.5. The van der Waals surface area contributed by atoms with Crippen LogP contribution in [-0.4, -0.2) is 13.0 Å². The summed E-state index contributed by atoms with van der Waals surface area (Å²) in [6.45, 7) is 0.305. The SMILES string of the molecule is COCc1c(C(=O)NN)oc2ccccc12. The van der Waals surface area contributed by atoms with Crippen molar-refractivity contribution < 1.29 is 13.9 Å². The molecule has 0 spiro atoms. The van der Waals surface area contributed by atoms with Gasteiger partial charge in [-0.3, -0.25) is 10.2 Å². The number of benzene rings is 1. The van der Waals surface area contributed by atoms with Crippen LogP contribution in [-0.2, 0) is 11.3 Å². The molecule has 0 aliphatic rings.